The van der Waals surface area contributed by atoms with E-state index in [1.165, 1.54) is 18.2 Å². The number of hydrogen-bond acceptors (Lipinski definition) is 3. The smallest absolute Gasteiger partial charge is 0.191 e. The fourth-order valence-corrected chi connectivity index (χ4v) is 3.48. The molecule has 0 spiro atoms. The Balaban J connectivity index is 0.00000288. The Morgan fingerprint density at radius 2 is 2.00 bits per heavy atom. The summed E-state index contributed by atoms with van der Waals surface area (Å²) in [4.78, 5) is 4.21. The van der Waals surface area contributed by atoms with Crippen molar-refractivity contribution in [1.82, 2.24) is 10.6 Å². The first-order chi connectivity index (χ1) is 10.9. The summed E-state index contributed by atoms with van der Waals surface area (Å²) >= 11 is 0. The lowest BCUT2D eigenvalue weighted by Crippen LogP contribution is -2.43. The van der Waals surface area contributed by atoms with Crippen molar-refractivity contribution < 1.29 is 8.42 Å². The van der Waals surface area contributed by atoms with Crippen molar-refractivity contribution >= 4 is 39.8 Å². The Kier molecular flexibility index (Phi) is 8.49. The Labute approximate surface area is 162 Å². The average Bonchev–Trinajstić information content (AvgIpc) is 3.29. The zero-order valence-electron chi connectivity index (χ0n) is 14.5. The number of guanidine groups is 1. The Morgan fingerprint density at radius 1 is 1.33 bits per heavy atom. The van der Waals surface area contributed by atoms with Gasteiger partial charge in [-0.3, -0.25) is 4.99 Å². The monoisotopic (exact) mass is 465 g/mol. The van der Waals surface area contributed by atoms with Crippen molar-refractivity contribution in [3.05, 3.63) is 35.9 Å². The lowest BCUT2D eigenvalue weighted by atomic mass is 10.1. The first kappa shape index (κ1) is 21.2. The van der Waals surface area contributed by atoms with Crippen LogP contribution in [0.5, 0.6) is 0 Å². The third kappa shape index (κ3) is 7.38. The normalized spacial score (nSPS) is 21.5. The van der Waals surface area contributed by atoms with E-state index in [9.17, 15) is 8.42 Å². The largest absolute Gasteiger partial charge is 0.356 e. The summed E-state index contributed by atoms with van der Waals surface area (Å²) in [5.41, 5.74) is 1.41. The van der Waals surface area contributed by atoms with Crippen LogP contribution in [0.3, 0.4) is 0 Å². The molecule has 3 atom stereocenters. The van der Waals surface area contributed by atoms with Gasteiger partial charge in [0, 0.05) is 25.9 Å². The zero-order chi connectivity index (χ0) is 16.9. The second-order valence-corrected chi connectivity index (χ2v) is 8.69. The van der Waals surface area contributed by atoms with E-state index in [2.05, 4.69) is 39.9 Å². The van der Waals surface area contributed by atoms with E-state index in [0.717, 1.165) is 12.5 Å². The van der Waals surface area contributed by atoms with Crippen molar-refractivity contribution in [3.63, 3.8) is 0 Å². The third-order valence-electron chi connectivity index (χ3n) is 4.21. The lowest BCUT2D eigenvalue weighted by Gasteiger charge is -2.17. The minimum atomic E-state index is -2.92. The van der Waals surface area contributed by atoms with Crippen LogP contribution in [0, 0.1) is 5.92 Å². The van der Waals surface area contributed by atoms with Crippen molar-refractivity contribution in [1.29, 1.82) is 0 Å². The minimum absolute atomic E-state index is 0. The summed E-state index contributed by atoms with van der Waals surface area (Å²) in [5.74, 6) is 2.22. The van der Waals surface area contributed by atoms with Crippen molar-refractivity contribution in [2.24, 2.45) is 10.9 Å². The molecule has 2 N–H and O–H groups in total. The second-order valence-electron chi connectivity index (χ2n) is 6.43. The van der Waals surface area contributed by atoms with Gasteiger partial charge >= 0.3 is 0 Å². The van der Waals surface area contributed by atoms with Crippen LogP contribution in [0.2, 0.25) is 0 Å². The van der Waals surface area contributed by atoms with Gasteiger partial charge in [-0.05, 0) is 37.2 Å². The number of sulfone groups is 1. The highest BCUT2D eigenvalue weighted by molar-refractivity contribution is 14.0. The zero-order valence-corrected chi connectivity index (χ0v) is 17.7. The van der Waals surface area contributed by atoms with E-state index >= 15 is 0 Å². The quantitative estimate of drug-likeness (QED) is 0.369. The number of benzene rings is 1. The standard InChI is InChI=1S/C17H27N3O2S.HI/c1-13(9-10-23(3,21)22)20-17(18-2)19-12-15-11-16(15)14-7-5-4-6-8-14;/h4-8,13,15-16H,9-12H2,1-3H3,(H2,18,19,20);1H. The molecule has 1 aromatic carbocycles. The molecule has 1 aliphatic rings. The Morgan fingerprint density at radius 3 is 2.58 bits per heavy atom. The second kappa shape index (κ2) is 9.60. The molecule has 1 aromatic rings. The van der Waals surface area contributed by atoms with E-state index in [4.69, 9.17) is 0 Å². The summed E-state index contributed by atoms with van der Waals surface area (Å²) in [6.45, 7) is 2.86. The minimum Gasteiger partial charge on any atom is -0.356 e. The maximum absolute atomic E-state index is 11.2. The highest BCUT2D eigenvalue weighted by Gasteiger charge is 2.37. The molecule has 0 heterocycles. The van der Waals surface area contributed by atoms with Gasteiger partial charge in [0.25, 0.3) is 0 Å². The average molecular weight is 465 g/mol. The van der Waals surface area contributed by atoms with Gasteiger partial charge < -0.3 is 10.6 Å². The van der Waals surface area contributed by atoms with E-state index in [1.807, 2.05) is 13.0 Å². The predicted molar refractivity (Wildman–Crippen MR) is 111 cm³/mol. The molecular weight excluding hydrogens is 437 g/mol. The molecule has 5 nitrogen and oxygen atoms in total. The number of nitrogens with zero attached hydrogens (tertiary/aromatic N) is 1. The molecule has 1 aliphatic carbocycles. The maximum Gasteiger partial charge on any atom is 0.191 e. The van der Waals surface area contributed by atoms with Crippen LogP contribution in [-0.4, -0.2) is 46.0 Å². The third-order valence-corrected chi connectivity index (χ3v) is 5.19. The number of nitrogens with one attached hydrogen (secondary N) is 2. The summed E-state index contributed by atoms with van der Waals surface area (Å²) < 4.78 is 22.4. The van der Waals surface area contributed by atoms with Crippen LogP contribution in [0.1, 0.15) is 31.2 Å². The molecule has 0 amide bonds. The molecule has 3 unspecified atom stereocenters. The highest BCUT2D eigenvalue weighted by atomic mass is 127. The molecule has 136 valence electrons. The van der Waals surface area contributed by atoms with Crippen LogP contribution in [0.25, 0.3) is 0 Å². The summed E-state index contributed by atoms with van der Waals surface area (Å²) in [6, 6.07) is 10.7. The van der Waals surface area contributed by atoms with E-state index in [1.54, 1.807) is 7.05 Å². The first-order valence-electron chi connectivity index (χ1n) is 8.09. The maximum atomic E-state index is 11.2. The topological polar surface area (TPSA) is 70.6 Å². The van der Waals surface area contributed by atoms with E-state index < -0.39 is 9.84 Å². The molecular formula is C17H28IN3O2S. The van der Waals surface area contributed by atoms with Crippen LogP contribution in [0.15, 0.2) is 35.3 Å². The number of hydrogen-bond donors (Lipinski definition) is 2. The van der Waals surface area contributed by atoms with Crippen molar-refractivity contribution in [3.8, 4) is 0 Å². The van der Waals surface area contributed by atoms with E-state index in [-0.39, 0.29) is 35.8 Å². The Bertz CT molecular complexity index is 634. The predicted octanol–water partition coefficient (Wildman–Crippen LogP) is 2.40. The van der Waals surface area contributed by atoms with Gasteiger partial charge in [-0.2, -0.15) is 0 Å². The summed E-state index contributed by atoms with van der Waals surface area (Å²) in [5, 5.41) is 6.60. The summed E-state index contributed by atoms with van der Waals surface area (Å²) in [6.07, 6.45) is 3.05. The summed E-state index contributed by atoms with van der Waals surface area (Å²) in [7, 11) is -1.18. The van der Waals surface area contributed by atoms with Crippen LogP contribution < -0.4 is 10.6 Å². The molecule has 0 aliphatic heterocycles. The molecule has 0 aromatic heterocycles. The number of halogens is 1. The highest BCUT2D eigenvalue weighted by Crippen LogP contribution is 2.46. The number of aliphatic imine (C=N–C) groups is 1. The molecule has 0 saturated heterocycles. The number of rotatable bonds is 7. The van der Waals surface area contributed by atoms with Crippen LogP contribution in [-0.2, 0) is 9.84 Å². The van der Waals surface area contributed by atoms with Crippen molar-refractivity contribution in [2.75, 3.05) is 25.6 Å². The van der Waals surface area contributed by atoms with Gasteiger partial charge in [-0.15, -0.1) is 24.0 Å². The van der Waals surface area contributed by atoms with Crippen LogP contribution >= 0.6 is 24.0 Å². The van der Waals surface area contributed by atoms with Gasteiger partial charge in [0.1, 0.15) is 9.84 Å². The van der Waals surface area contributed by atoms with Gasteiger partial charge in [-0.25, -0.2) is 8.42 Å². The Hall–Kier alpha value is -0.830. The molecule has 0 radical (unpaired) electrons. The van der Waals surface area contributed by atoms with Crippen LogP contribution in [0.4, 0.5) is 0 Å². The first-order valence-corrected chi connectivity index (χ1v) is 10.1. The molecule has 0 bridgehead atoms. The van der Waals surface area contributed by atoms with E-state index in [0.29, 0.717) is 18.3 Å². The molecule has 7 heteroatoms. The van der Waals surface area contributed by atoms with Gasteiger partial charge in [0.05, 0.1) is 5.75 Å². The molecule has 1 fully saturated rings. The fraction of sp³-hybridized carbons (Fsp3) is 0.588. The fourth-order valence-electron chi connectivity index (χ4n) is 2.70. The SMILES string of the molecule is CN=C(NCC1CC1c1ccccc1)NC(C)CCS(C)(=O)=O.I. The van der Waals surface area contributed by atoms with Crippen molar-refractivity contribution in [2.45, 2.75) is 31.7 Å². The van der Waals surface area contributed by atoms with Gasteiger partial charge in [0.2, 0.25) is 0 Å². The van der Waals surface area contributed by atoms with Gasteiger partial charge in [0.15, 0.2) is 5.96 Å². The lowest BCUT2D eigenvalue weighted by molar-refractivity contribution is 0.580. The molecule has 1 saturated carbocycles. The molecule has 24 heavy (non-hydrogen) atoms. The van der Waals surface area contributed by atoms with Gasteiger partial charge in [-0.1, -0.05) is 30.3 Å². The molecule has 2 rings (SSSR count).